The number of hydrogen-bond acceptors (Lipinski definition) is 10. The van der Waals surface area contributed by atoms with Gasteiger partial charge in [-0.2, -0.15) is 0 Å². The largest absolute Gasteiger partial charge is 0.527 e. The van der Waals surface area contributed by atoms with Crippen molar-refractivity contribution in [2.45, 2.75) is 32.7 Å². The highest BCUT2D eigenvalue weighted by atomic mass is 16.8. The maximum atomic E-state index is 13.3. The fraction of sp³-hybridized carbons (Fsp3) is 0.440. The molecule has 0 aliphatic carbocycles. The number of nitrogens with zero attached hydrogens (tertiary/aromatic N) is 4. The van der Waals surface area contributed by atoms with Crippen LogP contribution in [0.5, 0.6) is 5.75 Å². The summed E-state index contributed by atoms with van der Waals surface area (Å²) in [5, 5.41) is 13.2. The van der Waals surface area contributed by atoms with Crippen LogP contribution in [-0.2, 0) is 19.2 Å². The number of nitrogens with one attached hydrogen (secondary N) is 1. The normalized spacial score (nSPS) is 14.3. The predicted octanol–water partition coefficient (Wildman–Crippen LogP) is 1.66. The number of hydrogen-bond donors (Lipinski definition) is 2. The maximum Gasteiger partial charge on any atom is 0.527 e. The van der Waals surface area contributed by atoms with Gasteiger partial charge in [-0.05, 0) is 38.5 Å². The van der Waals surface area contributed by atoms with Gasteiger partial charge in [0.25, 0.3) is 5.91 Å². The van der Waals surface area contributed by atoms with Crippen LogP contribution in [0.15, 0.2) is 30.3 Å². The molecule has 13 nitrogen and oxygen atoms in total. The highest BCUT2D eigenvalue weighted by Gasteiger charge is 2.31. The minimum absolute atomic E-state index is 0.0381. The standard InChI is InChI=1S/C25H31N5O8/c1-4-37-25(35)38-30-12-10-29(11-13-30)24(34)19(8-9-21(31)32)28-23(33)20-14-16(2)26-22(27-20)17-6-5-7-18(15-17)36-3/h5-7,14-15,19H,4,8-13H2,1-3H3,(H,28,33)(H,31,32)/t19-/m0/s1. The molecule has 0 saturated carbocycles. The molecule has 1 aromatic heterocycles. The van der Waals surface area contributed by atoms with E-state index in [1.54, 1.807) is 38.1 Å². The molecule has 13 heteroatoms. The number of ether oxygens (including phenoxy) is 2. The summed E-state index contributed by atoms with van der Waals surface area (Å²) in [7, 11) is 1.54. The zero-order chi connectivity index (χ0) is 27.7. The second-order valence-electron chi connectivity index (χ2n) is 8.44. The molecule has 204 valence electrons. The van der Waals surface area contributed by atoms with Gasteiger partial charge >= 0.3 is 12.1 Å². The number of methoxy groups -OCH3 is 1. The lowest BCUT2D eigenvalue weighted by molar-refractivity contribution is -0.157. The Balaban J connectivity index is 1.72. The fourth-order valence-corrected chi connectivity index (χ4v) is 3.80. The number of hydroxylamine groups is 2. The first-order valence-electron chi connectivity index (χ1n) is 12.1. The number of aryl methyl sites for hydroxylation is 1. The predicted molar refractivity (Wildman–Crippen MR) is 133 cm³/mol. The summed E-state index contributed by atoms with van der Waals surface area (Å²) in [6.45, 7) is 4.45. The zero-order valence-electron chi connectivity index (χ0n) is 21.5. The third-order valence-electron chi connectivity index (χ3n) is 5.68. The molecule has 2 aromatic rings. The second-order valence-corrected chi connectivity index (χ2v) is 8.44. The third-order valence-corrected chi connectivity index (χ3v) is 5.68. The maximum absolute atomic E-state index is 13.3. The van der Waals surface area contributed by atoms with Gasteiger partial charge in [0.05, 0.1) is 26.8 Å². The van der Waals surface area contributed by atoms with Crippen molar-refractivity contribution in [3.05, 3.63) is 41.7 Å². The van der Waals surface area contributed by atoms with Gasteiger partial charge in [-0.1, -0.05) is 12.1 Å². The third kappa shape index (κ3) is 7.87. The van der Waals surface area contributed by atoms with E-state index < -0.39 is 30.0 Å². The highest BCUT2D eigenvalue weighted by Crippen LogP contribution is 2.21. The van der Waals surface area contributed by atoms with E-state index in [4.69, 9.17) is 14.3 Å². The summed E-state index contributed by atoms with van der Waals surface area (Å²) < 4.78 is 10.00. The molecular formula is C25H31N5O8. The molecular weight excluding hydrogens is 498 g/mol. The number of carboxylic acids is 1. The van der Waals surface area contributed by atoms with E-state index in [0.29, 0.717) is 22.8 Å². The molecule has 2 amide bonds. The summed E-state index contributed by atoms with van der Waals surface area (Å²) in [5.74, 6) is -1.25. The number of aliphatic carboxylic acids is 1. The lowest BCUT2D eigenvalue weighted by Gasteiger charge is -2.35. The van der Waals surface area contributed by atoms with Gasteiger partial charge in [0.1, 0.15) is 17.5 Å². The number of piperazine rings is 1. The molecule has 0 unspecified atom stereocenters. The molecule has 1 fully saturated rings. The van der Waals surface area contributed by atoms with Crippen molar-refractivity contribution in [3.8, 4) is 17.1 Å². The Labute approximate surface area is 219 Å². The van der Waals surface area contributed by atoms with Crippen molar-refractivity contribution in [1.82, 2.24) is 25.2 Å². The lowest BCUT2D eigenvalue weighted by atomic mass is 10.1. The van der Waals surface area contributed by atoms with Gasteiger partial charge in [0, 0.05) is 30.8 Å². The summed E-state index contributed by atoms with van der Waals surface area (Å²) in [6, 6.07) is 7.46. The highest BCUT2D eigenvalue weighted by molar-refractivity contribution is 5.96. The molecule has 2 N–H and O–H groups in total. The van der Waals surface area contributed by atoms with Crippen molar-refractivity contribution in [2.75, 3.05) is 39.9 Å². The van der Waals surface area contributed by atoms with Gasteiger partial charge in [-0.3, -0.25) is 14.4 Å². The summed E-state index contributed by atoms with van der Waals surface area (Å²) in [4.78, 5) is 64.5. The van der Waals surface area contributed by atoms with Gasteiger partial charge in [-0.25, -0.2) is 14.8 Å². The van der Waals surface area contributed by atoms with Crippen molar-refractivity contribution in [2.24, 2.45) is 0 Å². The number of carbonyl (C=O) groups is 4. The van der Waals surface area contributed by atoms with Crippen molar-refractivity contribution < 1.29 is 38.6 Å². The van der Waals surface area contributed by atoms with Crippen LogP contribution < -0.4 is 10.1 Å². The molecule has 3 rings (SSSR count). The smallest absolute Gasteiger partial charge is 0.497 e. The van der Waals surface area contributed by atoms with Crippen molar-refractivity contribution in [3.63, 3.8) is 0 Å². The number of amides is 2. The van der Waals surface area contributed by atoms with Gasteiger partial charge in [-0.15, -0.1) is 5.06 Å². The second kappa shape index (κ2) is 13.3. The van der Waals surface area contributed by atoms with Gasteiger partial charge in [0.15, 0.2) is 5.82 Å². The Morgan fingerprint density at radius 2 is 1.84 bits per heavy atom. The summed E-state index contributed by atoms with van der Waals surface area (Å²) in [5.41, 5.74) is 1.22. The van der Waals surface area contributed by atoms with Crippen molar-refractivity contribution in [1.29, 1.82) is 0 Å². The van der Waals surface area contributed by atoms with Crippen LogP contribution in [0.25, 0.3) is 11.4 Å². The zero-order valence-corrected chi connectivity index (χ0v) is 21.5. The Kier molecular flexibility index (Phi) is 9.93. The van der Waals surface area contributed by atoms with E-state index in [1.165, 1.54) is 23.1 Å². The average Bonchev–Trinajstić information content (AvgIpc) is 2.90. The van der Waals surface area contributed by atoms with Crippen LogP contribution in [-0.4, -0.2) is 94.9 Å². The first kappa shape index (κ1) is 28.3. The van der Waals surface area contributed by atoms with E-state index in [1.807, 2.05) is 0 Å². The van der Waals surface area contributed by atoms with Crippen molar-refractivity contribution >= 4 is 23.9 Å². The summed E-state index contributed by atoms with van der Waals surface area (Å²) in [6.07, 6.45) is -1.25. The van der Waals surface area contributed by atoms with E-state index in [9.17, 15) is 24.3 Å². The molecule has 1 atom stereocenters. The number of benzene rings is 1. The van der Waals surface area contributed by atoms with E-state index >= 15 is 0 Å². The van der Waals surface area contributed by atoms with Crippen LogP contribution in [0.4, 0.5) is 4.79 Å². The molecule has 2 heterocycles. The van der Waals surface area contributed by atoms with Crippen LogP contribution in [0, 0.1) is 6.92 Å². The number of rotatable bonds is 10. The molecule has 1 aromatic carbocycles. The number of aromatic nitrogens is 2. The Morgan fingerprint density at radius 1 is 1.11 bits per heavy atom. The van der Waals surface area contributed by atoms with Gasteiger partial charge < -0.3 is 29.6 Å². The minimum atomic E-state index is -1.09. The Morgan fingerprint density at radius 3 is 2.50 bits per heavy atom. The van der Waals surface area contributed by atoms with Crippen LogP contribution in [0.3, 0.4) is 0 Å². The molecule has 0 spiro atoms. The van der Waals surface area contributed by atoms with Gasteiger partial charge in [0.2, 0.25) is 5.91 Å². The molecule has 1 aliphatic rings. The van der Waals surface area contributed by atoms with Crippen LogP contribution >= 0.6 is 0 Å². The van der Waals surface area contributed by atoms with E-state index in [2.05, 4.69) is 15.3 Å². The first-order valence-corrected chi connectivity index (χ1v) is 12.1. The fourth-order valence-electron chi connectivity index (χ4n) is 3.80. The Bertz CT molecular complexity index is 1170. The molecule has 0 bridgehead atoms. The molecule has 0 radical (unpaired) electrons. The summed E-state index contributed by atoms with van der Waals surface area (Å²) >= 11 is 0. The molecule has 38 heavy (non-hydrogen) atoms. The van der Waals surface area contributed by atoms with Crippen LogP contribution in [0.1, 0.15) is 35.9 Å². The number of carbonyl (C=O) groups excluding carboxylic acids is 3. The molecule has 1 saturated heterocycles. The van der Waals surface area contributed by atoms with E-state index in [0.717, 1.165) is 0 Å². The average molecular weight is 530 g/mol. The first-order chi connectivity index (χ1) is 18.2. The van der Waals surface area contributed by atoms with Crippen LogP contribution in [0.2, 0.25) is 0 Å². The van der Waals surface area contributed by atoms with E-state index in [-0.39, 0.29) is 51.3 Å². The Hall–Kier alpha value is -4.26. The SMILES string of the molecule is CCOC(=O)ON1CCN(C(=O)[C@H](CCC(=O)O)NC(=O)c2cc(C)nc(-c3cccc(OC)c3)n2)CC1. The monoisotopic (exact) mass is 529 g/mol. The quantitative estimate of drug-likeness (QED) is 0.431. The lowest BCUT2D eigenvalue weighted by Crippen LogP contribution is -2.55. The minimum Gasteiger partial charge on any atom is -0.497 e. The number of carboxylic acid groups (broad SMARTS) is 1. The topological polar surface area (TPSA) is 160 Å². The molecule has 1 aliphatic heterocycles.